The van der Waals surface area contributed by atoms with Crippen molar-refractivity contribution < 1.29 is 33.7 Å². The molecule has 2 aromatic carbocycles. The number of thiazole rings is 1. The molecule has 5 aromatic rings. The molecule has 4 aliphatic rings. The maximum absolute atomic E-state index is 14.3. The first-order chi connectivity index (χ1) is 30.3. The van der Waals surface area contributed by atoms with Gasteiger partial charge in [0.25, 0.3) is 0 Å². The Bertz CT molecular complexity index is 2540. The summed E-state index contributed by atoms with van der Waals surface area (Å²) in [4.78, 5) is 50.7. The Morgan fingerprint density at radius 1 is 0.968 bits per heavy atom. The van der Waals surface area contributed by atoms with Crippen LogP contribution in [0.3, 0.4) is 0 Å². The summed E-state index contributed by atoms with van der Waals surface area (Å²) in [6.45, 7) is 11.3. The van der Waals surface area contributed by atoms with Crippen LogP contribution < -0.4 is 5.32 Å². The Labute approximate surface area is 371 Å². The smallest absolute Gasteiger partial charge is 0.243 e. The van der Waals surface area contributed by atoms with Gasteiger partial charge in [-0.25, -0.2) is 9.56 Å². The molecule has 328 valence electrons. The number of fused-ring (bicyclic) bond motifs is 1. The number of benzene rings is 2. The van der Waals surface area contributed by atoms with Gasteiger partial charge in [0.05, 0.1) is 58.3 Å². The van der Waals surface area contributed by atoms with Crippen molar-refractivity contribution in [3.05, 3.63) is 100 Å². The average Bonchev–Trinajstić information content (AvgIpc) is 4.07. The van der Waals surface area contributed by atoms with Crippen molar-refractivity contribution in [1.82, 2.24) is 35.5 Å². The maximum Gasteiger partial charge on any atom is 0.243 e. The van der Waals surface area contributed by atoms with E-state index in [-0.39, 0.29) is 72.3 Å². The number of hydrogen-bond donors (Lipinski definition) is 3. The van der Waals surface area contributed by atoms with Gasteiger partial charge in [-0.1, -0.05) is 55.4 Å². The van der Waals surface area contributed by atoms with E-state index in [0.717, 1.165) is 64.3 Å². The SMILES string of the molecule is Cc1ncsc1-c1ccc([C@H](C)NC(=O)[C@@H]2C[C@@H](O)CN2C(=O)[C@@H](c2cc(C3CCC(C(=O)N4CC([N+]5=Cc6nnc(-c7ccccc7O)cc6C5C)C4)CC3)no2)C(C)C)cc1. The molecule has 14 nitrogen and oxygen atoms in total. The summed E-state index contributed by atoms with van der Waals surface area (Å²) in [5.74, 6) is -0.534. The maximum atomic E-state index is 14.3. The summed E-state index contributed by atoms with van der Waals surface area (Å²) in [6, 6.07) is 18.2. The van der Waals surface area contributed by atoms with Crippen molar-refractivity contribution in [2.45, 2.75) is 109 Å². The zero-order chi connectivity index (χ0) is 44.1. The molecule has 9 rings (SSSR count). The number of para-hydroxylation sites is 1. The summed E-state index contributed by atoms with van der Waals surface area (Å²) in [5, 5.41) is 37.5. The number of carbonyl (C=O) groups is 3. The minimum atomic E-state index is -0.820. The lowest BCUT2D eigenvalue weighted by molar-refractivity contribution is -0.607. The number of aliphatic hydroxyl groups excluding tert-OH is 1. The van der Waals surface area contributed by atoms with Gasteiger partial charge in [0.15, 0.2) is 24.0 Å². The van der Waals surface area contributed by atoms with Crippen LogP contribution in [0, 0.1) is 18.8 Å². The Morgan fingerprint density at radius 3 is 2.41 bits per heavy atom. The van der Waals surface area contributed by atoms with Gasteiger partial charge < -0.3 is 29.9 Å². The van der Waals surface area contributed by atoms with Crippen molar-refractivity contribution in [3.63, 3.8) is 0 Å². The van der Waals surface area contributed by atoms with E-state index in [9.17, 15) is 24.6 Å². The van der Waals surface area contributed by atoms with E-state index in [0.29, 0.717) is 30.1 Å². The van der Waals surface area contributed by atoms with Crippen LogP contribution in [-0.2, 0) is 14.4 Å². The quantitative estimate of drug-likeness (QED) is 0.124. The van der Waals surface area contributed by atoms with Gasteiger partial charge in [-0.2, -0.15) is 0 Å². The van der Waals surface area contributed by atoms with Crippen LogP contribution >= 0.6 is 11.3 Å². The minimum Gasteiger partial charge on any atom is -0.507 e. The predicted molar refractivity (Wildman–Crippen MR) is 237 cm³/mol. The number of rotatable bonds is 11. The van der Waals surface area contributed by atoms with Crippen molar-refractivity contribution in [1.29, 1.82) is 0 Å². The van der Waals surface area contributed by atoms with E-state index in [2.05, 4.69) is 37.2 Å². The van der Waals surface area contributed by atoms with Crippen LogP contribution in [0.4, 0.5) is 0 Å². The van der Waals surface area contributed by atoms with Gasteiger partial charge in [0.1, 0.15) is 23.5 Å². The standard InChI is InChI=1S/C48H54N8O6S/c1-26(2)44(48(61)56-23-35(57)18-41(56)46(59)50-27(3)30-10-14-32(15-11-30)45-28(4)49-25-63-45)43-20-38(53-62-43)31-12-16-33(17-13-31)47(60)54-21-34(22-54)55-24-40-37(29(55)5)19-39(51-52-40)36-8-6-7-9-42(36)58/h6-11,14-15,19-20,24-27,29,31,33-35,41,44,57H,12-13,16-18,21-23H2,1-5H3,(H,50,59)/p+1/t27-,29?,31?,33?,35+,41-,44+/m0/s1. The summed E-state index contributed by atoms with van der Waals surface area (Å²) in [5.41, 5.74) is 8.75. The molecule has 0 radical (unpaired) electrons. The number of carbonyl (C=O) groups excluding carboxylic acids is 3. The van der Waals surface area contributed by atoms with E-state index in [1.807, 2.05) is 92.9 Å². The van der Waals surface area contributed by atoms with Crippen LogP contribution in [0.25, 0.3) is 21.7 Å². The van der Waals surface area contributed by atoms with Crippen LogP contribution in [0.1, 0.15) is 118 Å². The lowest BCUT2D eigenvalue weighted by Gasteiger charge is -2.40. The van der Waals surface area contributed by atoms with Crippen LogP contribution in [-0.4, -0.2) is 107 Å². The second-order valence-electron chi connectivity index (χ2n) is 18.2. The number of amides is 3. The average molecular weight is 872 g/mol. The Morgan fingerprint density at radius 2 is 1.71 bits per heavy atom. The van der Waals surface area contributed by atoms with Crippen molar-refractivity contribution in [2.75, 3.05) is 19.6 Å². The van der Waals surface area contributed by atoms with E-state index >= 15 is 0 Å². The number of aryl methyl sites for hydroxylation is 1. The lowest BCUT2D eigenvalue weighted by Crippen LogP contribution is -2.59. The van der Waals surface area contributed by atoms with E-state index < -0.39 is 18.1 Å². The molecule has 2 saturated heterocycles. The Balaban J connectivity index is 0.778. The molecule has 0 spiro atoms. The Kier molecular flexibility index (Phi) is 11.7. The largest absolute Gasteiger partial charge is 0.507 e. The first-order valence-corrected chi connectivity index (χ1v) is 23.1. The zero-order valence-corrected chi connectivity index (χ0v) is 37.2. The molecular formula is C48H55N8O6S+. The van der Waals surface area contributed by atoms with Crippen molar-refractivity contribution >= 4 is 35.3 Å². The van der Waals surface area contributed by atoms with Gasteiger partial charge in [0.2, 0.25) is 17.7 Å². The molecule has 3 fully saturated rings. The van der Waals surface area contributed by atoms with Gasteiger partial charge >= 0.3 is 0 Å². The molecule has 3 aliphatic heterocycles. The number of aromatic nitrogens is 4. The molecular weight excluding hydrogens is 817 g/mol. The van der Waals surface area contributed by atoms with Gasteiger partial charge in [-0.15, -0.1) is 21.5 Å². The normalized spacial score (nSPS) is 23.3. The van der Waals surface area contributed by atoms with E-state index in [4.69, 9.17) is 4.52 Å². The molecule has 15 heteroatoms. The molecule has 3 N–H and O–H groups in total. The van der Waals surface area contributed by atoms with E-state index in [1.54, 1.807) is 23.5 Å². The highest BCUT2D eigenvalue weighted by Gasteiger charge is 2.47. The summed E-state index contributed by atoms with van der Waals surface area (Å²) < 4.78 is 8.19. The predicted octanol–water partition coefficient (Wildman–Crippen LogP) is 6.54. The van der Waals surface area contributed by atoms with Crippen LogP contribution in [0.15, 0.2) is 70.7 Å². The number of nitrogens with zero attached hydrogens (tertiary/aromatic N) is 7. The number of hydrogen-bond acceptors (Lipinski definition) is 11. The molecule has 1 unspecified atom stereocenters. The number of phenolic OH excluding ortho intramolecular Hbond substituents is 1. The second kappa shape index (κ2) is 17.4. The third-order valence-corrected chi connectivity index (χ3v) is 14.7. The zero-order valence-electron chi connectivity index (χ0n) is 36.3. The molecule has 63 heavy (non-hydrogen) atoms. The van der Waals surface area contributed by atoms with Gasteiger partial charge in [-0.05, 0) is 74.8 Å². The van der Waals surface area contributed by atoms with Crippen LogP contribution in [0.5, 0.6) is 5.75 Å². The van der Waals surface area contributed by atoms with Gasteiger partial charge in [0, 0.05) is 43.4 Å². The number of phenols is 1. The third-order valence-electron chi connectivity index (χ3n) is 13.7. The monoisotopic (exact) mass is 871 g/mol. The lowest BCUT2D eigenvalue weighted by atomic mass is 9.79. The number of aromatic hydroxyl groups is 1. The number of likely N-dealkylation sites (tertiary alicyclic amines) is 2. The van der Waals surface area contributed by atoms with Gasteiger partial charge in [-0.3, -0.25) is 14.4 Å². The molecule has 1 aliphatic carbocycles. The highest BCUT2D eigenvalue weighted by atomic mass is 32.1. The van der Waals surface area contributed by atoms with E-state index in [1.165, 1.54) is 4.90 Å². The number of nitrogens with one attached hydrogen (secondary N) is 1. The Hall–Kier alpha value is -5.80. The minimum absolute atomic E-state index is 0.0532. The fourth-order valence-electron chi connectivity index (χ4n) is 9.98. The molecule has 3 aromatic heterocycles. The fraction of sp³-hybridized carbons (Fsp3) is 0.458. The van der Waals surface area contributed by atoms with Crippen LogP contribution in [0.2, 0.25) is 0 Å². The molecule has 1 saturated carbocycles. The third kappa shape index (κ3) is 8.28. The fourth-order valence-corrected chi connectivity index (χ4v) is 10.8. The topological polar surface area (TPSA) is 178 Å². The first kappa shape index (κ1) is 42.5. The summed E-state index contributed by atoms with van der Waals surface area (Å²) in [6.07, 6.45) is 4.45. The number of β-amino-alcohol motifs (C(OH)–C–C–N with tert-alkyl or cyclic N) is 1. The molecule has 6 heterocycles. The first-order valence-electron chi connectivity index (χ1n) is 22.2. The highest BCUT2D eigenvalue weighted by Crippen LogP contribution is 2.40. The number of aliphatic hydroxyl groups is 1. The highest BCUT2D eigenvalue weighted by molar-refractivity contribution is 7.13. The second-order valence-corrected chi connectivity index (χ2v) is 19.0. The molecule has 0 bridgehead atoms. The summed E-state index contributed by atoms with van der Waals surface area (Å²) >= 11 is 1.59. The molecule has 5 atom stereocenters. The molecule has 3 amide bonds. The van der Waals surface area contributed by atoms with Crippen molar-refractivity contribution in [2.24, 2.45) is 11.8 Å². The van der Waals surface area contributed by atoms with Crippen molar-refractivity contribution in [3.8, 4) is 27.4 Å². The summed E-state index contributed by atoms with van der Waals surface area (Å²) in [7, 11) is 0.